The molecular weight excluding hydrogens is 328 g/mol. The van der Waals surface area contributed by atoms with Gasteiger partial charge >= 0.3 is 0 Å². The smallest absolute Gasteiger partial charge is 0.224 e. The molecule has 0 saturated carbocycles. The van der Waals surface area contributed by atoms with Gasteiger partial charge < -0.3 is 10.6 Å². The van der Waals surface area contributed by atoms with Crippen molar-refractivity contribution in [3.8, 4) is 0 Å². The Bertz CT molecular complexity index is 687. The van der Waals surface area contributed by atoms with Crippen molar-refractivity contribution in [2.75, 3.05) is 12.7 Å². The molecule has 0 atom stereocenters. The van der Waals surface area contributed by atoms with Crippen molar-refractivity contribution >= 4 is 25.1 Å². The van der Waals surface area contributed by atoms with Crippen LogP contribution in [0.3, 0.4) is 0 Å². The number of amides is 2. The molecule has 0 aliphatic rings. The van der Waals surface area contributed by atoms with E-state index in [4.69, 9.17) is 0 Å². The van der Waals surface area contributed by atoms with E-state index in [0.717, 1.165) is 5.56 Å². The third kappa shape index (κ3) is 6.55. The molecule has 0 bridgehead atoms. The lowest BCUT2D eigenvalue weighted by molar-refractivity contribution is -0.121. The standard InChI is InChI=1S/C20H26N2O2Si/c1-25(2,18-11-7-4-8-12-18)16-22-19(23)13-14-21-20(24)15-17-9-5-3-6-10-17/h3-12H,13-16H2,1-2H3,(H,21,24)(H,22,23). The first-order valence-electron chi connectivity index (χ1n) is 8.60. The van der Waals surface area contributed by atoms with Crippen LogP contribution in [0.2, 0.25) is 13.1 Å². The van der Waals surface area contributed by atoms with Gasteiger partial charge in [0.1, 0.15) is 8.07 Å². The number of hydrogen-bond donors (Lipinski definition) is 2. The predicted octanol–water partition coefficient (Wildman–Crippen LogP) is 2.01. The molecule has 5 heteroatoms. The fourth-order valence-electron chi connectivity index (χ4n) is 2.56. The fraction of sp³-hybridized carbons (Fsp3) is 0.300. The van der Waals surface area contributed by atoms with Crippen LogP contribution in [-0.4, -0.2) is 32.6 Å². The van der Waals surface area contributed by atoms with Crippen LogP contribution in [-0.2, 0) is 16.0 Å². The second kappa shape index (κ2) is 9.18. The van der Waals surface area contributed by atoms with Crippen molar-refractivity contribution in [3.05, 3.63) is 66.2 Å². The summed E-state index contributed by atoms with van der Waals surface area (Å²) in [5, 5.41) is 7.14. The lowest BCUT2D eigenvalue weighted by Gasteiger charge is -2.23. The van der Waals surface area contributed by atoms with E-state index < -0.39 is 8.07 Å². The molecule has 2 aromatic carbocycles. The highest BCUT2D eigenvalue weighted by atomic mass is 28.3. The number of carbonyl (C=O) groups is 2. The molecule has 0 fully saturated rings. The topological polar surface area (TPSA) is 58.2 Å². The zero-order valence-electron chi connectivity index (χ0n) is 14.9. The molecule has 0 aliphatic heterocycles. The lowest BCUT2D eigenvalue weighted by Crippen LogP contribution is -2.52. The normalized spacial score (nSPS) is 11.0. The van der Waals surface area contributed by atoms with Crippen LogP contribution in [0.1, 0.15) is 12.0 Å². The third-order valence-corrected chi connectivity index (χ3v) is 7.12. The maximum atomic E-state index is 12.0. The molecular formula is C20H26N2O2Si. The first-order chi connectivity index (χ1) is 12.0. The molecule has 0 heterocycles. The van der Waals surface area contributed by atoms with E-state index in [2.05, 4.69) is 35.9 Å². The summed E-state index contributed by atoms with van der Waals surface area (Å²) in [5.41, 5.74) is 0.972. The summed E-state index contributed by atoms with van der Waals surface area (Å²) in [6, 6.07) is 19.9. The zero-order chi connectivity index (χ0) is 18.1. The van der Waals surface area contributed by atoms with Gasteiger partial charge in [-0.05, 0) is 5.56 Å². The van der Waals surface area contributed by atoms with Gasteiger partial charge in [0.05, 0.1) is 6.42 Å². The monoisotopic (exact) mass is 354 g/mol. The Kier molecular flexibility index (Phi) is 6.95. The molecule has 132 valence electrons. The van der Waals surface area contributed by atoms with Gasteiger partial charge in [0.2, 0.25) is 11.8 Å². The van der Waals surface area contributed by atoms with E-state index >= 15 is 0 Å². The van der Waals surface area contributed by atoms with Crippen molar-refractivity contribution in [2.45, 2.75) is 25.9 Å². The Morgan fingerprint density at radius 1 is 0.840 bits per heavy atom. The number of hydrogen-bond acceptors (Lipinski definition) is 2. The summed E-state index contributed by atoms with van der Waals surface area (Å²) < 4.78 is 0. The molecule has 0 radical (unpaired) electrons. The molecule has 2 aromatic rings. The molecule has 2 N–H and O–H groups in total. The molecule has 0 aliphatic carbocycles. The minimum Gasteiger partial charge on any atom is -0.359 e. The second-order valence-electron chi connectivity index (χ2n) is 6.79. The Balaban J connectivity index is 1.68. The van der Waals surface area contributed by atoms with E-state index in [0.29, 0.717) is 25.6 Å². The minimum atomic E-state index is -1.67. The average molecular weight is 355 g/mol. The summed E-state index contributed by atoms with van der Waals surface area (Å²) in [5.74, 6) is -0.0745. The van der Waals surface area contributed by atoms with Crippen LogP contribution in [0, 0.1) is 0 Å². The molecule has 0 saturated heterocycles. The summed E-state index contributed by atoms with van der Waals surface area (Å²) >= 11 is 0. The van der Waals surface area contributed by atoms with E-state index in [-0.39, 0.29) is 11.8 Å². The lowest BCUT2D eigenvalue weighted by atomic mass is 10.1. The SMILES string of the molecule is C[Si](C)(CNC(=O)CCNC(=O)Cc1ccccc1)c1ccccc1. The second-order valence-corrected chi connectivity index (χ2v) is 11.5. The highest BCUT2D eigenvalue weighted by Crippen LogP contribution is 2.02. The number of rotatable bonds is 8. The van der Waals surface area contributed by atoms with Crippen molar-refractivity contribution in [3.63, 3.8) is 0 Å². The quantitative estimate of drug-likeness (QED) is 0.713. The Morgan fingerprint density at radius 3 is 2.08 bits per heavy atom. The van der Waals surface area contributed by atoms with Crippen molar-refractivity contribution in [2.24, 2.45) is 0 Å². The summed E-state index contributed by atoms with van der Waals surface area (Å²) in [4.78, 5) is 23.9. The molecule has 25 heavy (non-hydrogen) atoms. The zero-order valence-corrected chi connectivity index (χ0v) is 15.9. The molecule has 0 spiro atoms. The van der Waals surface area contributed by atoms with Crippen molar-refractivity contribution in [1.29, 1.82) is 0 Å². The molecule has 2 rings (SSSR count). The van der Waals surface area contributed by atoms with Crippen LogP contribution in [0.15, 0.2) is 60.7 Å². The third-order valence-electron chi connectivity index (χ3n) is 4.16. The minimum absolute atomic E-state index is 0.0171. The largest absolute Gasteiger partial charge is 0.359 e. The van der Waals surface area contributed by atoms with Crippen molar-refractivity contribution in [1.82, 2.24) is 10.6 Å². The van der Waals surface area contributed by atoms with Crippen LogP contribution in [0.4, 0.5) is 0 Å². The van der Waals surface area contributed by atoms with Gasteiger partial charge in [-0.1, -0.05) is 78.9 Å². The number of nitrogens with one attached hydrogen (secondary N) is 2. The molecule has 0 unspecified atom stereocenters. The highest BCUT2D eigenvalue weighted by molar-refractivity contribution is 6.90. The van der Waals surface area contributed by atoms with Crippen molar-refractivity contribution < 1.29 is 9.59 Å². The van der Waals surface area contributed by atoms with Crippen LogP contribution in [0.5, 0.6) is 0 Å². The van der Waals surface area contributed by atoms with E-state index in [1.54, 1.807) is 0 Å². The summed E-state index contributed by atoms with van der Waals surface area (Å²) in [6.45, 7) is 4.85. The van der Waals surface area contributed by atoms with Gasteiger partial charge in [-0.3, -0.25) is 9.59 Å². The predicted molar refractivity (Wildman–Crippen MR) is 104 cm³/mol. The van der Waals surface area contributed by atoms with Gasteiger partial charge in [0.15, 0.2) is 0 Å². The molecule has 2 amide bonds. The fourth-order valence-corrected chi connectivity index (χ4v) is 4.50. The molecule has 0 aromatic heterocycles. The summed E-state index contributed by atoms with van der Waals surface area (Å²) in [7, 11) is -1.67. The van der Waals surface area contributed by atoms with E-state index in [9.17, 15) is 9.59 Å². The van der Waals surface area contributed by atoms with Gasteiger partial charge in [-0.2, -0.15) is 0 Å². The molecule has 4 nitrogen and oxygen atoms in total. The van der Waals surface area contributed by atoms with Crippen LogP contribution < -0.4 is 15.8 Å². The summed E-state index contributed by atoms with van der Waals surface area (Å²) in [6.07, 6.45) is 1.35. The van der Waals surface area contributed by atoms with Gasteiger partial charge in [-0.15, -0.1) is 0 Å². The maximum Gasteiger partial charge on any atom is 0.224 e. The Hall–Kier alpha value is -2.40. The first-order valence-corrected chi connectivity index (χ1v) is 11.8. The maximum absolute atomic E-state index is 12.0. The Morgan fingerprint density at radius 2 is 1.44 bits per heavy atom. The number of benzene rings is 2. The van der Waals surface area contributed by atoms with Crippen LogP contribution in [0.25, 0.3) is 0 Å². The van der Waals surface area contributed by atoms with Gasteiger partial charge in [-0.25, -0.2) is 0 Å². The van der Waals surface area contributed by atoms with E-state index in [1.165, 1.54) is 5.19 Å². The van der Waals surface area contributed by atoms with E-state index in [1.807, 2.05) is 48.5 Å². The Labute approximate surface area is 150 Å². The van der Waals surface area contributed by atoms with Gasteiger partial charge in [0, 0.05) is 19.1 Å². The average Bonchev–Trinajstić information content (AvgIpc) is 2.62. The number of carbonyl (C=O) groups excluding carboxylic acids is 2. The van der Waals surface area contributed by atoms with Crippen LogP contribution >= 0.6 is 0 Å². The first kappa shape index (κ1) is 18.9. The van der Waals surface area contributed by atoms with Gasteiger partial charge in [0.25, 0.3) is 0 Å². The highest BCUT2D eigenvalue weighted by Gasteiger charge is 2.23.